The summed E-state index contributed by atoms with van der Waals surface area (Å²) in [7, 11) is 0. The summed E-state index contributed by atoms with van der Waals surface area (Å²) < 4.78 is 5.37. The van der Waals surface area contributed by atoms with Gasteiger partial charge in [0.25, 0.3) is 0 Å². The third kappa shape index (κ3) is 4.32. The minimum Gasteiger partial charge on any atom is -0.491 e. The van der Waals surface area contributed by atoms with E-state index in [1.165, 1.54) is 0 Å². The molecule has 0 radical (unpaired) electrons. The first kappa shape index (κ1) is 12.0. The van der Waals surface area contributed by atoms with E-state index in [4.69, 9.17) is 4.74 Å². The zero-order valence-electron chi connectivity index (χ0n) is 9.40. The Kier molecular flexibility index (Phi) is 3.72. The van der Waals surface area contributed by atoms with E-state index in [9.17, 15) is 10.2 Å². The lowest BCUT2D eigenvalue weighted by Crippen LogP contribution is -2.27. The molecule has 0 saturated heterocycles. The van der Waals surface area contributed by atoms with E-state index in [0.717, 1.165) is 5.56 Å². The molecule has 0 saturated carbocycles. The number of rotatable bonds is 4. The first-order valence-corrected chi connectivity index (χ1v) is 5.02. The highest BCUT2D eigenvalue weighted by atomic mass is 16.5. The average molecular weight is 210 g/mol. The molecule has 3 heteroatoms. The van der Waals surface area contributed by atoms with Gasteiger partial charge >= 0.3 is 0 Å². The second kappa shape index (κ2) is 4.64. The fraction of sp³-hybridized carbons (Fsp3) is 0.500. The van der Waals surface area contributed by atoms with Gasteiger partial charge in [0.15, 0.2) is 0 Å². The highest BCUT2D eigenvalue weighted by Crippen LogP contribution is 2.18. The van der Waals surface area contributed by atoms with Crippen LogP contribution in [0.1, 0.15) is 32.4 Å². The molecule has 0 aromatic heterocycles. The zero-order chi connectivity index (χ0) is 11.5. The predicted molar refractivity (Wildman–Crippen MR) is 58.9 cm³/mol. The number of aliphatic hydroxyl groups is 2. The van der Waals surface area contributed by atoms with Gasteiger partial charge < -0.3 is 14.9 Å². The van der Waals surface area contributed by atoms with Gasteiger partial charge in [-0.25, -0.2) is 0 Å². The molecule has 0 aliphatic heterocycles. The maximum absolute atomic E-state index is 9.46. The van der Waals surface area contributed by atoms with Gasteiger partial charge in [-0.1, -0.05) is 12.1 Å². The summed E-state index contributed by atoms with van der Waals surface area (Å²) in [5, 5.41) is 18.7. The lowest BCUT2D eigenvalue weighted by Gasteiger charge is -2.18. The van der Waals surface area contributed by atoms with Crippen molar-refractivity contribution in [3.8, 4) is 5.75 Å². The van der Waals surface area contributed by atoms with Gasteiger partial charge in [0, 0.05) is 0 Å². The summed E-state index contributed by atoms with van der Waals surface area (Å²) in [6.45, 7) is 5.35. The summed E-state index contributed by atoms with van der Waals surface area (Å²) in [4.78, 5) is 0. The molecule has 3 nitrogen and oxygen atoms in total. The highest BCUT2D eigenvalue weighted by molar-refractivity contribution is 5.28. The minimum absolute atomic E-state index is 0.251. The molecular formula is C12H18O3. The van der Waals surface area contributed by atoms with Crippen LogP contribution in [0.5, 0.6) is 5.75 Å². The van der Waals surface area contributed by atoms with Crippen molar-refractivity contribution in [3.05, 3.63) is 29.8 Å². The van der Waals surface area contributed by atoms with Crippen molar-refractivity contribution in [2.75, 3.05) is 6.61 Å². The topological polar surface area (TPSA) is 49.7 Å². The molecule has 0 bridgehead atoms. The Balaban J connectivity index is 2.57. The third-order valence-corrected chi connectivity index (χ3v) is 1.95. The standard InChI is InChI=1S/C12H18O3/c1-9(13)10-4-6-11(7-5-10)15-8-12(2,3)14/h4-7,9,13-14H,8H2,1-3H3/t9-/m0/s1. The van der Waals surface area contributed by atoms with Crippen LogP contribution in [0.25, 0.3) is 0 Å². The molecule has 1 rings (SSSR count). The van der Waals surface area contributed by atoms with Crippen molar-refractivity contribution in [1.82, 2.24) is 0 Å². The van der Waals surface area contributed by atoms with Crippen LogP contribution in [-0.4, -0.2) is 22.4 Å². The van der Waals surface area contributed by atoms with Crippen LogP contribution < -0.4 is 4.74 Å². The molecule has 1 aromatic rings. The minimum atomic E-state index is -0.830. The van der Waals surface area contributed by atoms with Crippen LogP contribution in [0, 0.1) is 0 Å². The van der Waals surface area contributed by atoms with Crippen LogP contribution in [0.4, 0.5) is 0 Å². The first-order valence-electron chi connectivity index (χ1n) is 5.02. The van der Waals surface area contributed by atoms with Crippen molar-refractivity contribution in [3.63, 3.8) is 0 Å². The number of ether oxygens (including phenoxy) is 1. The second-order valence-electron chi connectivity index (χ2n) is 4.35. The molecular weight excluding hydrogens is 192 g/mol. The Morgan fingerprint density at radius 3 is 2.20 bits per heavy atom. The quantitative estimate of drug-likeness (QED) is 0.797. The van der Waals surface area contributed by atoms with E-state index >= 15 is 0 Å². The zero-order valence-corrected chi connectivity index (χ0v) is 9.40. The normalized spacial score (nSPS) is 13.7. The maximum Gasteiger partial charge on any atom is 0.119 e. The lowest BCUT2D eigenvalue weighted by molar-refractivity contribution is 0.0284. The smallest absolute Gasteiger partial charge is 0.119 e. The van der Waals surface area contributed by atoms with Gasteiger partial charge in [-0.15, -0.1) is 0 Å². The molecule has 0 amide bonds. The van der Waals surface area contributed by atoms with Crippen LogP contribution >= 0.6 is 0 Å². The third-order valence-electron chi connectivity index (χ3n) is 1.95. The monoisotopic (exact) mass is 210 g/mol. The van der Waals surface area contributed by atoms with Crippen molar-refractivity contribution >= 4 is 0 Å². The van der Waals surface area contributed by atoms with Crippen molar-refractivity contribution in [1.29, 1.82) is 0 Å². The summed E-state index contributed by atoms with van der Waals surface area (Å²) >= 11 is 0. The number of hydrogen-bond acceptors (Lipinski definition) is 3. The molecule has 0 heterocycles. The summed E-state index contributed by atoms with van der Waals surface area (Å²) in [6.07, 6.45) is -0.465. The Morgan fingerprint density at radius 2 is 1.80 bits per heavy atom. The van der Waals surface area contributed by atoms with Crippen molar-refractivity contribution < 1.29 is 14.9 Å². The van der Waals surface area contributed by atoms with Crippen molar-refractivity contribution in [2.24, 2.45) is 0 Å². The highest BCUT2D eigenvalue weighted by Gasteiger charge is 2.13. The van der Waals surface area contributed by atoms with Gasteiger partial charge in [0.05, 0.1) is 11.7 Å². The van der Waals surface area contributed by atoms with Gasteiger partial charge in [-0.2, -0.15) is 0 Å². The first-order chi connectivity index (χ1) is 6.88. The fourth-order valence-corrected chi connectivity index (χ4v) is 1.10. The number of hydrogen-bond donors (Lipinski definition) is 2. The van der Waals surface area contributed by atoms with E-state index in [1.807, 2.05) is 12.1 Å². The molecule has 0 aliphatic rings. The van der Waals surface area contributed by atoms with E-state index in [0.29, 0.717) is 5.75 Å². The fourth-order valence-electron chi connectivity index (χ4n) is 1.10. The molecule has 0 aliphatic carbocycles. The molecule has 15 heavy (non-hydrogen) atoms. The second-order valence-corrected chi connectivity index (χ2v) is 4.35. The lowest BCUT2D eigenvalue weighted by atomic mass is 10.1. The maximum atomic E-state index is 9.46. The summed E-state index contributed by atoms with van der Waals surface area (Å²) in [6, 6.07) is 7.19. The number of benzene rings is 1. The van der Waals surface area contributed by atoms with Gasteiger partial charge in [0.2, 0.25) is 0 Å². The Labute approximate surface area is 90.3 Å². The van der Waals surface area contributed by atoms with E-state index in [1.54, 1.807) is 32.9 Å². The van der Waals surface area contributed by atoms with Crippen molar-refractivity contribution in [2.45, 2.75) is 32.5 Å². The summed E-state index contributed by atoms with van der Waals surface area (Å²) in [5.41, 5.74) is 0.0220. The molecule has 1 atom stereocenters. The van der Waals surface area contributed by atoms with Gasteiger partial charge in [-0.05, 0) is 38.5 Å². The van der Waals surface area contributed by atoms with E-state index in [2.05, 4.69) is 0 Å². The van der Waals surface area contributed by atoms with Gasteiger partial charge in [-0.3, -0.25) is 0 Å². The molecule has 0 unspecified atom stereocenters. The van der Waals surface area contributed by atoms with Crippen LogP contribution in [0.2, 0.25) is 0 Å². The molecule has 1 aromatic carbocycles. The van der Waals surface area contributed by atoms with Crippen LogP contribution in [-0.2, 0) is 0 Å². The molecule has 2 N–H and O–H groups in total. The Bertz CT molecular complexity index is 296. The largest absolute Gasteiger partial charge is 0.491 e. The van der Waals surface area contributed by atoms with Crippen LogP contribution in [0.15, 0.2) is 24.3 Å². The van der Waals surface area contributed by atoms with E-state index < -0.39 is 11.7 Å². The molecule has 0 fully saturated rings. The average Bonchev–Trinajstić information content (AvgIpc) is 2.14. The Morgan fingerprint density at radius 1 is 1.27 bits per heavy atom. The van der Waals surface area contributed by atoms with Crippen LogP contribution in [0.3, 0.4) is 0 Å². The molecule has 84 valence electrons. The molecule has 0 spiro atoms. The predicted octanol–water partition coefficient (Wildman–Crippen LogP) is 1.89. The summed E-state index contributed by atoms with van der Waals surface area (Å²) in [5.74, 6) is 0.696. The Hall–Kier alpha value is -1.06. The van der Waals surface area contributed by atoms with Gasteiger partial charge in [0.1, 0.15) is 12.4 Å². The SMILES string of the molecule is C[C@H](O)c1ccc(OCC(C)(C)O)cc1. The van der Waals surface area contributed by atoms with E-state index in [-0.39, 0.29) is 6.61 Å². The number of aliphatic hydroxyl groups excluding tert-OH is 1.